The van der Waals surface area contributed by atoms with E-state index in [2.05, 4.69) is 10.3 Å². The third-order valence-corrected chi connectivity index (χ3v) is 3.62. The number of aromatic nitrogens is 1. The number of nitrogens with one attached hydrogen (secondary N) is 1. The van der Waals surface area contributed by atoms with Gasteiger partial charge in [-0.2, -0.15) is 0 Å². The van der Waals surface area contributed by atoms with Gasteiger partial charge in [0.15, 0.2) is 11.5 Å². The van der Waals surface area contributed by atoms with E-state index in [4.69, 9.17) is 15.2 Å². The number of rotatable bonds is 4. The van der Waals surface area contributed by atoms with Gasteiger partial charge in [0.25, 0.3) is 5.91 Å². The zero-order valence-electron chi connectivity index (χ0n) is 12.2. The molecule has 0 saturated heterocycles. The van der Waals surface area contributed by atoms with Gasteiger partial charge in [-0.3, -0.25) is 9.78 Å². The second kappa shape index (κ2) is 5.93. The summed E-state index contributed by atoms with van der Waals surface area (Å²) >= 11 is 0. The fourth-order valence-corrected chi connectivity index (χ4v) is 2.58. The number of hydrogen-bond acceptors (Lipinski definition) is 5. The van der Waals surface area contributed by atoms with Crippen LogP contribution in [0.5, 0.6) is 11.5 Å². The second-order valence-electron chi connectivity index (χ2n) is 5.09. The lowest BCUT2D eigenvalue weighted by Gasteiger charge is -2.28. The van der Waals surface area contributed by atoms with Gasteiger partial charge < -0.3 is 20.5 Å². The molecule has 22 heavy (non-hydrogen) atoms. The minimum absolute atomic E-state index is 0.0418. The number of nitrogens with zero attached hydrogens (tertiary/aromatic N) is 1. The smallest absolute Gasteiger partial charge is 0.252 e. The fourth-order valence-electron chi connectivity index (χ4n) is 2.58. The van der Waals surface area contributed by atoms with Crippen molar-refractivity contribution >= 4 is 11.6 Å². The van der Waals surface area contributed by atoms with E-state index in [0.29, 0.717) is 17.9 Å². The third kappa shape index (κ3) is 2.67. The van der Waals surface area contributed by atoms with Crippen molar-refractivity contribution in [2.24, 2.45) is 5.73 Å². The van der Waals surface area contributed by atoms with Crippen molar-refractivity contribution in [3.63, 3.8) is 0 Å². The van der Waals surface area contributed by atoms with Crippen molar-refractivity contribution in [1.82, 2.24) is 4.98 Å². The first kappa shape index (κ1) is 14.2. The Morgan fingerprint density at radius 2 is 2.32 bits per heavy atom. The van der Waals surface area contributed by atoms with E-state index in [1.807, 2.05) is 18.2 Å². The second-order valence-corrected chi connectivity index (χ2v) is 5.09. The van der Waals surface area contributed by atoms with Crippen LogP contribution in [0.1, 0.15) is 15.9 Å². The topological polar surface area (TPSA) is 86.5 Å². The predicted octanol–water partition coefficient (Wildman–Crippen LogP) is 1.60. The highest BCUT2D eigenvalue weighted by atomic mass is 16.5. The van der Waals surface area contributed by atoms with Crippen molar-refractivity contribution in [3.05, 3.63) is 47.8 Å². The summed E-state index contributed by atoms with van der Waals surface area (Å²) in [5.74, 6) is 1.01. The molecule has 1 aromatic carbocycles. The first-order valence-electron chi connectivity index (χ1n) is 6.98. The Balaban J connectivity index is 1.80. The number of benzene rings is 1. The molecule has 0 spiro atoms. The summed E-state index contributed by atoms with van der Waals surface area (Å²) in [5.41, 5.74) is 7.48. The highest BCUT2D eigenvalue weighted by molar-refractivity contribution is 5.98. The first-order chi connectivity index (χ1) is 10.7. The SMILES string of the molecule is COc1cccc2c1OCC(Nc1ccncc1C(N)=O)C2. The van der Waals surface area contributed by atoms with Crippen LogP contribution in [0.3, 0.4) is 0 Å². The Kier molecular flexibility index (Phi) is 3.82. The highest BCUT2D eigenvalue weighted by Gasteiger charge is 2.23. The van der Waals surface area contributed by atoms with E-state index in [-0.39, 0.29) is 6.04 Å². The maximum Gasteiger partial charge on any atom is 0.252 e. The van der Waals surface area contributed by atoms with Crippen LogP contribution < -0.4 is 20.5 Å². The zero-order chi connectivity index (χ0) is 15.5. The van der Waals surface area contributed by atoms with Gasteiger partial charge >= 0.3 is 0 Å². The molecule has 0 bridgehead atoms. The average molecular weight is 299 g/mol. The molecule has 2 aromatic rings. The molecule has 1 aliphatic rings. The molecule has 3 rings (SSSR count). The summed E-state index contributed by atoms with van der Waals surface area (Å²) in [5, 5.41) is 3.30. The maximum atomic E-state index is 11.4. The van der Waals surface area contributed by atoms with Gasteiger partial charge in [0.05, 0.1) is 24.4 Å². The minimum atomic E-state index is -0.505. The molecule has 1 unspecified atom stereocenters. The molecule has 1 aliphatic heterocycles. The lowest BCUT2D eigenvalue weighted by molar-refractivity contribution is 0.100. The molecule has 1 aromatic heterocycles. The van der Waals surface area contributed by atoms with Gasteiger partial charge in [-0.25, -0.2) is 0 Å². The number of hydrogen-bond donors (Lipinski definition) is 2. The van der Waals surface area contributed by atoms with Crippen molar-refractivity contribution in [2.45, 2.75) is 12.5 Å². The van der Waals surface area contributed by atoms with Crippen LogP contribution in [-0.4, -0.2) is 30.6 Å². The standard InChI is InChI=1S/C16H17N3O3/c1-21-14-4-2-3-10-7-11(9-22-15(10)14)19-13-5-6-18-8-12(13)16(17)20/h2-6,8,11H,7,9H2,1H3,(H2,17,20)(H,18,19). The summed E-state index contributed by atoms with van der Waals surface area (Å²) < 4.78 is 11.1. The normalized spacial score (nSPS) is 16.3. The van der Waals surface area contributed by atoms with E-state index in [9.17, 15) is 4.79 Å². The molecule has 3 N–H and O–H groups in total. The number of carbonyl (C=O) groups is 1. The van der Waals surface area contributed by atoms with E-state index < -0.39 is 5.91 Å². The zero-order valence-corrected chi connectivity index (χ0v) is 12.2. The molecular weight excluding hydrogens is 282 g/mol. The lowest BCUT2D eigenvalue weighted by atomic mass is 10.0. The molecule has 2 heterocycles. The van der Waals surface area contributed by atoms with Crippen LogP contribution >= 0.6 is 0 Å². The van der Waals surface area contributed by atoms with Crippen molar-refractivity contribution in [2.75, 3.05) is 19.0 Å². The van der Waals surface area contributed by atoms with E-state index in [0.717, 1.165) is 23.5 Å². The molecular formula is C16H17N3O3. The van der Waals surface area contributed by atoms with E-state index in [1.165, 1.54) is 6.20 Å². The summed E-state index contributed by atoms with van der Waals surface area (Å²) in [6.45, 7) is 0.480. The molecule has 114 valence electrons. The third-order valence-electron chi connectivity index (χ3n) is 3.62. The number of amides is 1. The van der Waals surface area contributed by atoms with Gasteiger partial charge in [-0.05, 0) is 18.6 Å². The number of anilines is 1. The van der Waals surface area contributed by atoms with Crippen LogP contribution in [-0.2, 0) is 6.42 Å². The largest absolute Gasteiger partial charge is 0.493 e. The van der Waals surface area contributed by atoms with Gasteiger partial charge in [-0.15, -0.1) is 0 Å². The molecule has 6 nitrogen and oxygen atoms in total. The number of fused-ring (bicyclic) bond motifs is 1. The fraction of sp³-hybridized carbons (Fsp3) is 0.250. The molecule has 0 saturated carbocycles. The quantitative estimate of drug-likeness (QED) is 0.895. The Bertz CT molecular complexity index is 703. The number of carbonyl (C=O) groups excluding carboxylic acids is 1. The van der Waals surface area contributed by atoms with Gasteiger partial charge in [0.2, 0.25) is 0 Å². The Morgan fingerprint density at radius 1 is 1.45 bits per heavy atom. The molecule has 0 fully saturated rings. The number of primary amides is 1. The predicted molar refractivity (Wildman–Crippen MR) is 82.4 cm³/mol. The van der Waals surface area contributed by atoms with Crippen molar-refractivity contribution in [3.8, 4) is 11.5 Å². The van der Waals surface area contributed by atoms with Gasteiger partial charge in [0.1, 0.15) is 6.61 Å². The minimum Gasteiger partial charge on any atom is -0.493 e. The van der Waals surface area contributed by atoms with Crippen LogP contribution in [0.15, 0.2) is 36.7 Å². The summed E-state index contributed by atoms with van der Waals surface area (Å²) in [4.78, 5) is 15.4. The van der Waals surface area contributed by atoms with Crippen molar-refractivity contribution < 1.29 is 14.3 Å². The summed E-state index contributed by atoms with van der Waals surface area (Å²) in [6, 6.07) is 7.60. The highest BCUT2D eigenvalue weighted by Crippen LogP contribution is 2.35. The molecule has 6 heteroatoms. The monoisotopic (exact) mass is 299 g/mol. The number of ether oxygens (including phenoxy) is 2. The van der Waals surface area contributed by atoms with Crippen molar-refractivity contribution in [1.29, 1.82) is 0 Å². The van der Waals surface area contributed by atoms with Gasteiger partial charge in [-0.1, -0.05) is 12.1 Å². The first-order valence-corrected chi connectivity index (χ1v) is 6.98. The van der Waals surface area contributed by atoms with Crippen LogP contribution in [0.2, 0.25) is 0 Å². The number of nitrogens with two attached hydrogens (primary N) is 1. The molecule has 0 radical (unpaired) electrons. The van der Waals surface area contributed by atoms with E-state index >= 15 is 0 Å². The number of methoxy groups -OCH3 is 1. The molecule has 0 aliphatic carbocycles. The Morgan fingerprint density at radius 3 is 3.09 bits per heavy atom. The van der Waals surface area contributed by atoms with Gasteiger partial charge in [0, 0.05) is 18.0 Å². The lowest BCUT2D eigenvalue weighted by Crippen LogP contribution is -2.34. The average Bonchev–Trinajstić information content (AvgIpc) is 2.54. The maximum absolute atomic E-state index is 11.4. The molecule has 1 amide bonds. The van der Waals surface area contributed by atoms with Crippen LogP contribution in [0.4, 0.5) is 5.69 Å². The number of para-hydroxylation sites is 1. The Labute approximate surface area is 128 Å². The number of pyridine rings is 1. The van der Waals surface area contributed by atoms with Crippen LogP contribution in [0.25, 0.3) is 0 Å². The summed E-state index contributed by atoms with van der Waals surface area (Å²) in [6.07, 6.45) is 3.85. The molecule has 1 atom stereocenters. The Hall–Kier alpha value is -2.76. The summed E-state index contributed by atoms with van der Waals surface area (Å²) in [7, 11) is 1.62. The van der Waals surface area contributed by atoms with E-state index in [1.54, 1.807) is 19.4 Å². The van der Waals surface area contributed by atoms with Crippen LogP contribution in [0, 0.1) is 0 Å².